The second kappa shape index (κ2) is 4.64. The van der Waals surface area contributed by atoms with Crippen molar-refractivity contribution in [3.8, 4) is 0 Å². The van der Waals surface area contributed by atoms with E-state index in [0.717, 1.165) is 35.7 Å². The van der Waals surface area contributed by atoms with Gasteiger partial charge in [-0.25, -0.2) is 4.98 Å². The van der Waals surface area contributed by atoms with Crippen molar-refractivity contribution in [1.29, 1.82) is 0 Å². The zero-order chi connectivity index (χ0) is 12.7. The van der Waals surface area contributed by atoms with Crippen LogP contribution in [0, 0.1) is 0 Å². The Kier molecular flexibility index (Phi) is 3.13. The molecule has 0 amide bonds. The van der Waals surface area contributed by atoms with Crippen LogP contribution in [0.2, 0.25) is 5.28 Å². The van der Waals surface area contributed by atoms with Gasteiger partial charge in [-0.15, -0.1) is 11.3 Å². The quantitative estimate of drug-likeness (QED) is 0.752. The normalized spacial score (nSPS) is 21.7. The van der Waals surface area contributed by atoms with Crippen molar-refractivity contribution in [2.45, 2.75) is 13.0 Å². The van der Waals surface area contributed by atoms with Crippen molar-refractivity contribution in [1.82, 2.24) is 14.9 Å². The molecule has 96 valence electrons. The zero-order valence-electron chi connectivity index (χ0n) is 10.4. The third-order valence-corrected chi connectivity index (χ3v) is 4.36. The van der Waals surface area contributed by atoms with Crippen LogP contribution in [0.15, 0.2) is 11.4 Å². The highest BCUT2D eigenvalue weighted by molar-refractivity contribution is 7.16. The lowest BCUT2D eigenvalue weighted by Gasteiger charge is -2.39. The van der Waals surface area contributed by atoms with Gasteiger partial charge in [-0.3, -0.25) is 0 Å². The molecule has 2 aromatic heterocycles. The Morgan fingerprint density at radius 2 is 2.22 bits per heavy atom. The number of halogens is 1. The molecule has 1 aliphatic heterocycles. The minimum atomic E-state index is 0.339. The van der Waals surface area contributed by atoms with E-state index < -0.39 is 0 Å². The molecule has 2 aromatic rings. The highest BCUT2D eigenvalue weighted by atomic mass is 35.5. The van der Waals surface area contributed by atoms with E-state index in [9.17, 15) is 0 Å². The molecular formula is C12H15ClN4S. The lowest BCUT2D eigenvalue weighted by atomic mass is 10.2. The van der Waals surface area contributed by atoms with Gasteiger partial charge in [0.25, 0.3) is 0 Å². The van der Waals surface area contributed by atoms with Crippen LogP contribution in [0.1, 0.15) is 6.92 Å². The minimum Gasteiger partial charge on any atom is -0.351 e. The van der Waals surface area contributed by atoms with E-state index in [-0.39, 0.29) is 0 Å². The number of piperazine rings is 1. The first-order chi connectivity index (χ1) is 8.65. The molecule has 6 heteroatoms. The maximum absolute atomic E-state index is 6.02. The fourth-order valence-corrected chi connectivity index (χ4v) is 3.46. The lowest BCUT2D eigenvalue weighted by Crippen LogP contribution is -2.50. The van der Waals surface area contributed by atoms with Gasteiger partial charge in [0, 0.05) is 25.7 Å². The van der Waals surface area contributed by atoms with Crippen molar-refractivity contribution in [2.75, 3.05) is 31.6 Å². The summed E-state index contributed by atoms with van der Waals surface area (Å²) in [5.74, 6) is 0.979. The van der Waals surface area contributed by atoms with E-state index in [1.165, 1.54) is 0 Å². The molecule has 3 heterocycles. The molecule has 0 aliphatic carbocycles. The Bertz CT molecular complexity index is 570. The molecule has 0 radical (unpaired) electrons. The standard InChI is InChI=1S/C12H15ClN4S/c1-8-7-16(2)4-5-17(8)10-9-3-6-18-11(9)15-12(13)14-10/h3,6,8H,4-5,7H2,1-2H3. The first kappa shape index (κ1) is 12.1. The fourth-order valence-electron chi connectivity index (χ4n) is 2.49. The fraction of sp³-hybridized carbons (Fsp3) is 0.500. The summed E-state index contributed by atoms with van der Waals surface area (Å²) < 4.78 is 0. The molecule has 0 N–H and O–H groups in total. The van der Waals surface area contributed by atoms with Crippen LogP contribution in [-0.2, 0) is 0 Å². The number of rotatable bonds is 1. The van der Waals surface area contributed by atoms with Gasteiger partial charge >= 0.3 is 0 Å². The molecule has 1 unspecified atom stereocenters. The first-order valence-corrected chi connectivity index (χ1v) is 7.27. The van der Waals surface area contributed by atoms with Crippen LogP contribution in [-0.4, -0.2) is 47.6 Å². The highest BCUT2D eigenvalue weighted by Crippen LogP contribution is 2.30. The maximum Gasteiger partial charge on any atom is 0.225 e. The molecule has 4 nitrogen and oxygen atoms in total. The van der Waals surface area contributed by atoms with Gasteiger partial charge in [0.15, 0.2) is 0 Å². The number of thiophene rings is 1. The summed E-state index contributed by atoms with van der Waals surface area (Å²) in [7, 11) is 2.15. The summed E-state index contributed by atoms with van der Waals surface area (Å²) >= 11 is 7.63. The molecule has 18 heavy (non-hydrogen) atoms. The SMILES string of the molecule is CC1CN(C)CCN1c1nc(Cl)nc2sccc12. The number of fused-ring (bicyclic) bond motifs is 1. The lowest BCUT2D eigenvalue weighted by molar-refractivity contribution is 0.275. The Labute approximate surface area is 115 Å². The second-order valence-corrected chi connectivity index (χ2v) is 5.99. The Hall–Kier alpha value is -0.910. The molecule has 0 aromatic carbocycles. The van der Waals surface area contributed by atoms with Crippen molar-refractivity contribution >= 4 is 39.0 Å². The van der Waals surface area contributed by atoms with Crippen molar-refractivity contribution in [2.24, 2.45) is 0 Å². The van der Waals surface area contributed by atoms with Crippen LogP contribution >= 0.6 is 22.9 Å². The molecule has 1 saturated heterocycles. The number of hydrogen-bond donors (Lipinski definition) is 0. The molecular weight excluding hydrogens is 268 g/mol. The average molecular weight is 283 g/mol. The minimum absolute atomic E-state index is 0.339. The Morgan fingerprint density at radius 3 is 3.00 bits per heavy atom. The summed E-state index contributed by atoms with van der Waals surface area (Å²) in [5, 5.41) is 3.49. The summed E-state index contributed by atoms with van der Waals surface area (Å²) in [6, 6.07) is 2.52. The molecule has 1 atom stereocenters. The Morgan fingerprint density at radius 1 is 1.39 bits per heavy atom. The third kappa shape index (κ3) is 2.06. The predicted molar refractivity (Wildman–Crippen MR) is 76.7 cm³/mol. The van der Waals surface area contributed by atoms with Gasteiger partial charge in [0.2, 0.25) is 5.28 Å². The number of nitrogens with zero attached hydrogens (tertiary/aromatic N) is 4. The summed E-state index contributed by atoms with van der Waals surface area (Å²) in [4.78, 5) is 14.4. The van der Waals surface area contributed by atoms with Crippen LogP contribution in [0.4, 0.5) is 5.82 Å². The van der Waals surface area contributed by atoms with Crippen molar-refractivity contribution < 1.29 is 0 Å². The highest BCUT2D eigenvalue weighted by Gasteiger charge is 2.25. The molecule has 1 fully saturated rings. The number of likely N-dealkylation sites (N-methyl/N-ethyl adjacent to an activating group) is 1. The van der Waals surface area contributed by atoms with E-state index in [1.54, 1.807) is 11.3 Å². The largest absolute Gasteiger partial charge is 0.351 e. The molecule has 1 aliphatic rings. The summed E-state index contributed by atoms with van der Waals surface area (Å²) in [5.41, 5.74) is 0. The van der Waals surface area contributed by atoms with E-state index in [0.29, 0.717) is 11.3 Å². The van der Waals surface area contributed by atoms with Crippen LogP contribution < -0.4 is 4.90 Å². The monoisotopic (exact) mass is 282 g/mol. The van der Waals surface area contributed by atoms with Crippen molar-refractivity contribution in [3.05, 3.63) is 16.7 Å². The predicted octanol–water partition coefficient (Wildman–Crippen LogP) is 2.49. The topological polar surface area (TPSA) is 32.3 Å². The number of hydrogen-bond acceptors (Lipinski definition) is 5. The smallest absolute Gasteiger partial charge is 0.225 e. The number of anilines is 1. The van der Waals surface area contributed by atoms with E-state index in [4.69, 9.17) is 11.6 Å². The van der Waals surface area contributed by atoms with Gasteiger partial charge in [0.1, 0.15) is 10.6 Å². The summed E-state index contributed by atoms with van der Waals surface area (Å²) in [6.45, 7) is 5.31. The average Bonchev–Trinajstić information content (AvgIpc) is 2.76. The second-order valence-electron chi connectivity index (χ2n) is 4.76. The van der Waals surface area contributed by atoms with Gasteiger partial charge in [-0.05, 0) is 37.0 Å². The molecule has 0 saturated carbocycles. The zero-order valence-corrected chi connectivity index (χ0v) is 12.0. The van der Waals surface area contributed by atoms with Crippen LogP contribution in [0.5, 0.6) is 0 Å². The van der Waals surface area contributed by atoms with E-state index in [2.05, 4.69) is 39.8 Å². The molecule has 0 spiro atoms. The van der Waals surface area contributed by atoms with Gasteiger partial charge in [-0.1, -0.05) is 0 Å². The molecule has 0 bridgehead atoms. The van der Waals surface area contributed by atoms with Crippen LogP contribution in [0.3, 0.4) is 0 Å². The Balaban J connectivity index is 2.05. The summed E-state index contributed by atoms with van der Waals surface area (Å²) in [6.07, 6.45) is 0. The number of aromatic nitrogens is 2. The van der Waals surface area contributed by atoms with Crippen LogP contribution in [0.25, 0.3) is 10.2 Å². The third-order valence-electron chi connectivity index (χ3n) is 3.38. The van der Waals surface area contributed by atoms with E-state index >= 15 is 0 Å². The van der Waals surface area contributed by atoms with Gasteiger partial charge in [-0.2, -0.15) is 4.98 Å². The van der Waals surface area contributed by atoms with Gasteiger partial charge in [0.05, 0.1) is 5.39 Å². The van der Waals surface area contributed by atoms with Gasteiger partial charge < -0.3 is 9.80 Å². The van der Waals surface area contributed by atoms with Crippen molar-refractivity contribution in [3.63, 3.8) is 0 Å². The van der Waals surface area contributed by atoms with E-state index in [1.807, 2.05) is 5.38 Å². The first-order valence-electron chi connectivity index (χ1n) is 6.01. The maximum atomic E-state index is 6.02. The molecule has 3 rings (SSSR count).